The summed E-state index contributed by atoms with van der Waals surface area (Å²) in [6, 6.07) is 6.02. The highest BCUT2D eigenvalue weighted by Crippen LogP contribution is 2.40. The standard InChI is InChI=1S/C17H24N2O3/c1-12-7-9-21-10-8-19(12)16(20)18-14-6-4-5-13-11-17(2,3)22-15(13)14/h4-6,12H,7-11H2,1-3H3,(H,18,20). The Morgan fingerprint density at radius 2 is 2.18 bits per heavy atom. The zero-order valence-electron chi connectivity index (χ0n) is 13.5. The zero-order chi connectivity index (χ0) is 15.7. The van der Waals surface area contributed by atoms with Gasteiger partial charge in [0.05, 0.1) is 12.3 Å². The van der Waals surface area contributed by atoms with E-state index in [0.29, 0.717) is 19.8 Å². The fourth-order valence-corrected chi connectivity index (χ4v) is 3.10. The molecule has 1 fully saturated rings. The highest BCUT2D eigenvalue weighted by Gasteiger charge is 2.32. The lowest BCUT2D eigenvalue weighted by molar-refractivity contribution is 0.139. The van der Waals surface area contributed by atoms with Gasteiger partial charge in [0.2, 0.25) is 0 Å². The molecular weight excluding hydrogens is 280 g/mol. The molecule has 0 aromatic heterocycles. The van der Waals surface area contributed by atoms with Crippen LogP contribution in [0, 0.1) is 0 Å². The van der Waals surface area contributed by atoms with Gasteiger partial charge in [0, 0.05) is 31.2 Å². The molecule has 22 heavy (non-hydrogen) atoms. The Labute approximate surface area is 131 Å². The van der Waals surface area contributed by atoms with Gasteiger partial charge < -0.3 is 19.7 Å². The molecule has 3 rings (SSSR count). The van der Waals surface area contributed by atoms with Gasteiger partial charge in [-0.25, -0.2) is 4.79 Å². The van der Waals surface area contributed by atoms with E-state index >= 15 is 0 Å². The third-order valence-corrected chi connectivity index (χ3v) is 4.28. The minimum absolute atomic E-state index is 0.0836. The number of para-hydroxylation sites is 1. The molecule has 0 spiro atoms. The van der Waals surface area contributed by atoms with Crippen molar-refractivity contribution >= 4 is 11.7 Å². The second-order valence-electron chi connectivity index (χ2n) is 6.71. The van der Waals surface area contributed by atoms with E-state index in [4.69, 9.17) is 9.47 Å². The molecule has 2 aliphatic heterocycles. The third-order valence-electron chi connectivity index (χ3n) is 4.28. The molecule has 120 valence electrons. The lowest BCUT2D eigenvalue weighted by Gasteiger charge is -2.27. The van der Waals surface area contributed by atoms with Gasteiger partial charge in [-0.1, -0.05) is 12.1 Å². The van der Waals surface area contributed by atoms with Crippen molar-refractivity contribution in [1.82, 2.24) is 4.90 Å². The number of hydrogen-bond donors (Lipinski definition) is 1. The fraction of sp³-hybridized carbons (Fsp3) is 0.588. The first kappa shape index (κ1) is 15.2. The van der Waals surface area contributed by atoms with Gasteiger partial charge in [-0.3, -0.25) is 0 Å². The largest absolute Gasteiger partial charge is 0.485 e. The SMILES string of the molecule is CC1CCOCCN1C(=O)Nc1cccc2c1OC(C)(C)C2. The van der Waals surface area contributed by atoms with Crippen LogP contribution in [0.25, 0.3) is 0 Å². The van der Waals surface area contributed by atoms with E-state index in [1.165, 1.54) is 0 Å². The van der Waals surface area contributed by atoms with Gasteiger partial charge in [-0.15, -0.1) is 0 Å². The normalized spacial score (nSPS) is 23.4. The second kappa shape index (κ2) is 5.80. The van der Waals surface area contributed by atoms with Crippen LogP contribution in [0.15, 0.2) is 18.2 Å². The van der Waals surface area contributed by atoms with E-state index in [1.807, 2.05) is 17.0 Å². The van der Waals surface area contributed by atoms with Crippen LogP contribution < -0.4 is 10.1 Å². The minimum Gasteiger partial charge on any atom is -0.485 e. The Hall–Kier alpha value is -1.75. The maximum atomic E-state index is 12.6. The number of fused-ring (bicyclic) bond motifs is 1. The van der Waals surface area contributed by atoms with Crippen LogP contribution in [0.2, 0.25) is 0 Å². The molecule has 1 N–H and O–H groups in total. The summed E-state index contributed by atoms with van der Waals surface area (Å²) < 4.78 is 11.5. The Morgan fingerprint density at radius 1 is 1.36 bits per heavy atom. The van der Waals surface area contributed by atoms with Crippen LogP contribution in [0.4, 0.5) is 10.5 Å². The van der Waals surface area contributed by atoms with Gasteiger partial charge in [0.15, 0.2) is 0 Å². The summed E-state index contributed by atoms with van der Waals surface area (Å²) in [6.07, 6.45) is 1.73. The van der Waals surface area contributed by atoms with Crippen LogP contribution in [0.3, 0.4) is 0 Å². The molecule has 0 bridgehead atoms. The van der Waals surface area contributed by atoms with E-state index in [1.54, 1.807) is 0 Å². The van der Waals surface area contributed by atoms with Gasteiger partial charge >= 0.3 is 6.03 Å². The number of nitrogens with zero attached hydrogens (tertiary/aromatic N) is 1. The summed E-state index contributed by atoms with van der Waals surface area (Å²) in [7, 11) is 0. The summed E-state index contributed by atoms with van der Waals surface area (Å²) in [5.41, 5.74) is 1.69. The van der Waals surface area contributed by atoms with Crippen molar-refractivity contribution < 1.29 is 14.3 Å². The molecule has 1 unspecified atom stereocenters. The molecule has 1 aromatic rings. The molecule has 5 nitrogen and oxygen atoms in total. The number of urea groups is 1. The Morgan fingerprint density at radius 3 is 3.00 bits per heavy atom. The number of carbonyl (C=O) groups is 1. The number of amides is 2. The monoisotopic (exact) mass is 304 g/mol. The molecule has 1 aromatic carbocycles. The number of nitrogens with one attached hydrogen (secondary N) is 1. The molecule has 5 heteroatoms. The molecule has 2 amide bonds. The quantitative estimate of drug-likeness (QED) is 0.867. The van der Waals surface area contributed by atoms with Crippen LogP contribution in [-0.4, -0.2) is 42.3 Å². The fourth-order valence-electron chi connectivity index (χ4n) is 3.10. The number of anilines is 1. The molecular formula is C17H24N2O3. The number of rotatable bonds is 1. The van der Waals surface area contributed by atoms with E-state index in [9.17, 15) is 4.79 Å². The summed E-state index contributed by atoms with van der Waals surface area (Å²) in [6.45, 7) is 8.11. The molecule has 1 saturated heterocycles. The second-order valence-corrected chi connectivity index (χ2v) is 6.71. The maximum absolute atomic E-state index is 12.6. The Balaban J connectivity index is 1.77. The van der Waals surface area contributed by atoms with Crippen LogP contribution in [0.5, 0.6) is 5.75 Å². The van der Waals surface area contributed by atoms with Gasteiger partial charge in [0.25, 0.3) is 0 Å². The third kappa shape index (κ3) is 3.04. The van der Waals surface area contributed by atoms with Crippen molar-refractivity contribution in [2.75, 3.05) is 25.1 Å². The lowest BCUT2D eigenvalue weighted by Crippen LogP contribution is -2.42. The van der Waals surface area contributed by atoms with Crippen molar-refractivity contribution in [1.29, 1.82) is 0 Å². The number of hydrogen-bond acceptors (Lipinski definition) is 3. The van der Waals surface area contributed by atoms with Gasteiger partial charge in [-0.2, -0.15) is 0 Å². The van der Waals surface area contributed by atoms with E-state index in [-0.39, 0.29) is 17.7 Å². The van der Waals surface area contributed by atoms with Crippen molar-refractivity contribution in [3.05, 3.63) is 23.8 Å². The van der Waals surface area contributed by atoms with E-state index in [0.717, 1.165) is 29.8 Å². The minimum atomic E-state index is -0.215. The number of carbonyl (C=O) groups excluding carboxylic acids is 1. The molecule has 0 radical (unpaired) electrons. The van der Waals surface area contributed by atoms with Crippen molar-refractivity contribution in [2.24, 2.45) is 0 Å². The molecule has 0 saturated carbocycles. The predicted molar refractivity (Wildman–Crippen MR) is 85.5 cm³/mol. The van der Waals surface area contributed by atoms with Crippen LogP contribution >= 0.6 is 0 Å². The smallest absolute Gasteiger partial charge is 0.322 e. The first-order chi connectivity index (χ1) is 10.5. The van der Waals surface area contributed by atoms with E-state index in [2.05, 4.69) is 32.2 Å². The summed E-state index contributed by atoms with van der Waals surface area (Å²) in [4.78, 5) is 14.4. The molecule has 0 aliphatic carbocycles. The topological polar surface area (TPSA) is 50.8 Å². The number of benzene rings is 1. The lowest BCUT2D eigenvalue weighted by atomic mass is 10.0. The summed E-state index contributed by atoms with van der Waals surface area (Å²) in [5.74, 6) is 0.805. The van der Waals surface area contributed by atoms with Crippen LogP contribution in [-0.2, 0) is 11.2 Å². The highest BCUT2D eigenvalue weighted by molar-refractivity contribution is 5.91. The average Bonchev–Trinajstić information content (AvgIpc) is 2.62. The number of ether oxygens (including phenoxy) is 2. The Bertz CT molecular complexity index is 571. The van der Waals surface area contributed by atoms with Gasteiger partial charge in [-0.05, 0) is 33.3 Å². The van der Waals surface area contributed by atoms with Gasteiger partial charge in [0.1, 0.15) is 11.4 Å². The molecule has 1 atom stereocenters. The van der Waals surface area contributed by atoms with Crippen molar-refractivity contribution in [2.45, 2.75) is 45.3 Å². The average molecular weight is 304 g/mol. The maximum Gasteiger partial charge on any atom is 0.322 e. The first-order valence-electron chi connectivity index (χ1n) is 7.92. The first-order valence-corrected chi connectivity index (χ1v) is 7.92. The van der Waals surface area contributed by atoms with Crippen molar-refractivity contribution in [3.63, 3.8) is 0 Å². The predicted octanol–water partition coefficient (Wildman–Crippen LogP) is 3.04. The summed E-state index contributed by atoms with van der Waals surface area (Å²) in [5, 5.41) is 3.01. The summed E-state index contributed by atoms with van der Waals surface area (Å²) >= 11 is 0. The van der Waals surface area contributed by atoms with Crippen LogP contribution in [0.1, 0.15) is 32.8 Å². The molecule has 2 aliphatic rings. The highest BCUT2D eigenvalue weighted by atomic mass is 16.5. The zero-order valence-corrected chi connectivity index (χ0v) is 13.5. The van der Waals surface area contributed by atoms with Crippen molar-refractivity contribution in [3.8, 4) is 5.75 Å². The molecule has 2 heterocycles. The van der Waals surface area contributed by atoms with E-state index < -0.39 is 0 Å². The Kier molecular flexibility index (Phi) is 4.00.